The molecule has 0 spiro atoms. The highest BCUT2D eigenvalue weighted by atomic mass is 16.5. The van der Waals surface area contributed by atoms with Crippen LogP contribution in [-0.4, -0.2) is 63.2 Å². The number of nitrogens with one attached hydrogen (secondary N) is 2. The van der Waals surface area contributed by atoms with E-state index in [1.54, 1.807) is 19.0 Å². The second-order valence-corrected chi connectivity index (χ2v) is 8.15. The molecule has 6 nitrogen and oxygen atoms in total. The van der Waals surface area contributed by atoms with Crippen LogP contribution in [0.3, 0.4) is 0 Å². The number of aliphatic imine (C=N–C) groups is 1. The van der Waals surface area contributed by atoms with Gasteiger partial charge in [-0.25, -0.2) is 4.99 Å². The van der Waals surface area contributed by atoms with E-state index in [9.17, 15) is 4.79 Å². The van der Waals surface area contributed by atoms with Crippen molar-refractivity contribution in [3.05, 3.63) is 71.8 Å². The maximum atomic E-state index is 12.0. The summed E-state index contributed by atoms with van der Waals surface area (Å²) in [6.07, 6.45) is 3.27. The number of nitrogens with zero attached hydrogens (tertiary/aromatic N) is 2. The number of guanidine groups is 1. The maximum absolute atomic E-state index is 12.0. The fourth-order valence-corrected chi connectivity index (χ4v) is 3.63. The molecule has 0 aromatic heterocycles. The van der Waals surface area contributed by atoms with Gasteiger partial charge in [-0.05, 0) is 30.4 Å². The normalized spacial score (nSPS) is 17.2. The summed E-state index contributed by atoms with van der Waals surface area (Å²) in [5.41, 5.74) is 2.58. The lowest BCUT2D eigenvalue weighted by Crippen LogP contribution is -2.43. The van der Waals surface area contributed by atoms with Crippen LogP contribution in [-0.2, 0) is 16.0 Å². The van der Waals surface area contributed by atoms with Gasteiger partial charge in [0.2, 0.25) is 5.91 Å². The third-order valence-corrected chi connectivity index (χ3v) is 5.50. The van der Waals surface area contributed by atoms with Crippen LogP contribution < -0.4 is 10.6 Å². The molecule has 31 heavy (non-hydrogen) atoms. The first-order chi connectivity index (χ1) is 15.1. The van der Waals surface area contributed by atoms with Crippen molar-refractivity contribution in [3.8, 4) is 0 Å². The summed E-state index contributed by atoms with van der Waals surface area (Å²) in [5, 5.41) is 6.84. The van der Waals surface area contributed by atoms with E-state index in [1.807, 2.05) is 12.1 Å². The van der Waals surface area contributed by atoms with E-state index in [0.29, 0.717) is 19.0 Å². The number of carbonyl (C=O) groups excluding carboxylic acids is 1. The molecule has 2 aromatic carbocycles. The Morgan fingerprint density at radius 2 is 1.81 bits per heavy atom. The van der Waals surface area contributed by atoms with Gasteiger partial charge in [0.05, 0.1) is 6.10 Å². The lowest BCUT2D eigenvalue weighted by molar-refractivity contribution is -0.127. The van der Waals surface area contributed by atoms with E-state index < -0.39 is 0 Å². The molecule has 1 fully saturated rings. The fourth-order valence-electron chi connectivity index (χ4n) is 3.63. The molecule has 0 bridgehead atoms. The number of benzene rings is 2. The fraction of sp³-hybridized carbons (Fsp3) is 0.440. The van der Waals surface area contributed by atoms with Crippen molar-refractivity contribution in [1.29, 1.82) is 0 Å². The molecule has 0 radical (unpaired) electrons. The summed E-state index contributed by atoms with van der Waals surface area (Å²) >= 11 is 0. The maximum Gasteiger partial charge on any atom is 0.243 e. The second-order valence-electron chi connectivity index (χ2n) is 8.15. The van der Waals surface area contributed by atoms with E-state index >= 15 is 0 Å². The van der Waals surface area contributed by atoms with Gasteiger partial charge < -0.3 is 20.3 Å². The second kappa shape index (κ2) is 12.1. The van der Waals surface area contributed by atoms with Gasteiger partial charge in [-0.3, -0.25) is 4.79 Å². The van der Waals surface area contributed by atoms with Gasteiger partial charge in [0.25, 0.3) is 0 Å². The molecule has 1 amide bonds. The lowest BCUT2D eigenvalue weighted by atomic mass is 9.92. The topological polar surface area (TPSA) is 66.0 Å². The zero-order valence-electron chi connectivity index (χ0n) is 18.6. The molecule has 3 rings (SSSR count). The number of ether oxygens (including phenoxy) is 1. The molecule has 0 saturated carbocycles. The summed E-state index contributed by atoms with van der Waals surface area (Å²) in [4.78, 5) is 18.1. The molecule has 0 aliphatic carbocycles. The Bertz CT molecular complexity index is 818. The van der Waals surface area contributed by atoms with Gasteiger partial charge in [0.1, 0.15) is 6.54 Å². The highest BCUT2D eigenvalue weighted by molar-refractivity contribution is 5.84. The molecular formula is C25H34N4O2. The van der Waals surface area contributed by atoms with Gasteiger partial charge in [0.15, 0.2) is 5.96 Å². The summed E-state index contributed by atoms with van der Waals surface area (Å²) in [7, 11) is 3.49. The van der Waals surface area contributed by atoms with Gasteiger partial charge in [-0.15, -0.1) is 0 Å². The van der Waals surface area contributed by atoms with Crippen LogP contribution in [0.1, 0.15) is 29.9 Å². The molecule has 166 valence electrons. The number of amides is 1. The Morgan fingerprint density at radius 3 is 2.45 bits per heavy atom. The van der Waals surface area contributed by atoms with E-state index in [2.05, 4.69) is 64.2 Å². The first-order valence-corrected chi connectivity index (χ1v) is 11.0. The standard InChI is InChI=1S/C25H34N4O2/c1-29(2)24(30)19-28-25(27-18-23-14-9-15-31-23)26-17-22(21-12-7-4-8-13-21)16-20-10-5-3-6-11-20/h3-8,10-13,22-23H,9,14-19H2,1-2H3,(H2,26,27,28). The number of hydrogen-bond donors (Lipinski definition) is 2. The number of hydrogen-bond acceptors (Lipinski definition) is 3. The highest BCUT2D eigenvalue weighted by Crippen LogP contribution is 2.20. The van der Waals surface area contributed by atoms with Crippen molar-refractivity contribution >= 4 is 11.9 Å². The highest BCUT2D eigenvalue weighted by Gasteiger charge is 2.17. The summed E-state index contributed by atoms with van der Waals surface area (Å²) in [6, 6.07) is 21.1. The van der Waals surface area contributed by atoms with Crippen molar-refractivity contribution in [3.63, 3.8) is 0 Å². The van der Waals surface area contributed by atoms with Gasteiger partial charge in [0, 0.05) is 39.7 Å². The summed E-state index contributed by atoms with van der Waals surface area (Å²) in [6.45, 7) is 2.34. The predicted molar refractivity (Wildman–Crippen MR) is 125 cm³/mol. The smallest absolute Gasteiger partial charge is 0.243 e. The Balaban J connectivity index is 1.68. The molecule has 1 aliphatic rings. The number of likely N-dealkylation sites (N-methyl/N-ethyl adjacent to an activating group) is 1. The molecule has 1 saturated heterocycles. The Hall–Kier alpha value is -2.86. The quantitative estimate of drug-likeness (QED) is 0.482. The third-order valence-electron chi connectivity index (χ3n) is 5.50. The first kappa shape index (κ1) is 22.8. The lowest BCUT2D eigenvalue weighted by Gasteiger charge is -2.21. The molecule has 1 heterocycles. The van der Waals surface area contributed by atoms with Crippen molar-refractivity contribution in [1.82, 2.24) is 15.5 Å². The van der Waals surface area contributed by atoms with Crippen LogP contribution in [0.5, 0.6) is 0 Å². The molecule has 2 aromatic rings. The van der Waals surface area contributed by atoms with Crippen LogP contribution in [0.4, 0.5) is 0 Å². The van der Waals surface area contributed by atoms with Crippen LogP contribution >= 0.6 is 0 Å². The average molecular weight is 423 g/mol. The van der Waals surface area contributed by atoms with Crippen molar-refractivity contribution in [2.75, 3.05) is 40.3 Å². The zero-order chi connectivity index (χ0) is 21.9. The molecule has 2 atom stereocenters. The molecular weight excluding hydrogens is 388 g/mol. The molecule has 2 N–H and O–H groups in total. The minimum atomic E-state index is -0.0258. The number of carbonyl (C=O) groups is 1. The Labute approximate surface area is 185 Å². The third kappa shape index (κ3) is 7.72. The predicted octanol–water partition coefficient (Wildman–Crippen LogP) is 2.82. The molecule has 1 aliphatic heterocycles. The average Bonchev–Trinajstić information content (AvgIpc) is 3.32. The van der Waals surface area contributed by atoms with E-state index in [0.717, 1.165) is 25.9 Å². The van der Waals surface area contributed by atoms with Crippen LogP contribution in [0.25, 0.3) is 0 Å². The minimum absolute atomic E-state index is 0.0258. The van der Waals surface area contributed by atoms with Crippen molar-refractivity contribution < 1.29 is 9.53 Å². The Kier molecular flexibility index (Phi) is 8.91. The zero-order valence-corrected chi connectivity index (χ0v) is 18.6. The minimum Gasteiger partial charge on any atom is -0.376 e. The molecule has 2 unspecified atom stereocenters. The van der Waals surface area contributed by atoms with Crippen molar-refractivity contribution in [2.45, 2.75) is 31.3 Å². The van der Waals surface area contributed by atoms with Gasteiger partial charge in [-0.2, -0.15) is 0 Å². The monoisotopic (exact) mass is 422 g/mol. The van der Waals surface area contributed by atoms with E-state index in [4.69, 9.17) is 4.74 Å². The molecule has 6 heteroatoms. The summed E-state index contributed by atoms with van der Waals surface area (Å²) < 4.78 is 5.72. The van der Waals surface area contributed by atoms with Gasteiger partial charge in [-0.1, -0.05) is 60.7 Å². The van der Waals surface area contributed by atoms with Crippen molar-refractivity contribution in [2.24, 2.45) is 4.99 Å². The first-order valence-electron chi connectivity index (χ1n) is 11.0. The van der Waals surface area contributed by atoms with Crippen LogP contribution in [0, 0.1) is 0 Å². The van der Waals surface area contributed by atoms with Gasteiger partial charge >= 0.3 is 0 Å². The van der Waals surface area contributed by atoms with Crippen LogP contribution in [0.2, 0.25) is 0 Å². The Morgan fingerprint density at radius 1 is 1.10 bits per heavy atom. The largest absolute Gasteiger partial charge is 0.376 e. The van der Waals surface area contributed by atoms with E-state index in [1.165, 1.54) is 11.1 Å². The van der Waals surface area contributed by atoms with E-state index in [-0.39, 0.29) is 24.5 Å². The summed E-state index contributed by atoms with van der Waals surface area (Å²) in [5.74, 6) is 0.907. The van der Waals surface area contributed by atoms with Crippen LogP contribution in [0.15, 0.2) is 65.7 Å². The SMILES string of the molecule is CN(C)C(=O)CN=C(NCC1CCCO1)NCC(Cc1ccccc1)c1ccccc1. The number of rotatable bonds is 9.